The predicted molar refractivity (Wildman–Crippen MR) is 67.8 cm³/mol. The van der Waals surface area contributed by atoms with Crippen LogP contribution in [0.15, 0.2) is 24.3 Å². The number of nitrogens with one attached hydrogen (secondary N) is 1. The van der Waals surface area contributed by atoms with Gasteiger partial charge in [-0.2, -0.15) is 0 Å². The fraction of sp³-hybridized carbons (Fsp3) is 0.429. The number of amides is 1. The van der Waals surface area contributed by atoms with Gasteiger partial charge in [-0.1, -0.05) is 13.8 Å². The van der Waals surface area contributed by atoms with Crippen LogP contribution in [0.3, 0.4) is 0 Å². The molecule has 3 nitrogen and oxygen atoms in total. The van der Waals surface area contributed by atoms with E-state index in [2.05, 4.69) is 5.32 Å². The van der Waals surface area contributed by atoms with Gasteiger partial charge in [0.15, 0.2) is 5.78 Å². The molecule has 4 heteroatoms. The number of rotatable bonds is 4. The molecule has 0 spiro atoms. The van der Waals surface area contributed by atoms with Gasteiger partial charge < -0.3 is 5.32 Å². The fourth-order valence-electron chi connectivity index (χ4n) is 1.40. The molecule has 1 amide bonds. The van der Waals surface area contributed by atoms with E-state index in [0.717, 1.165) is 12.8 Å². The molecule has 0 radical (unpaired) electrons. The topological polar surface area (TPSA) is 46.2 Å². The minimum Gasteiger partial charge on any atom is -0.348 e. The summed E-state index contributed by atoms with van der Waals surface area (Å²) >= 11 is 0. The number of hydrogen-bond donors (Lipinski definition) is 1. The summed E-state index contributed by atoms with van der Waals surface area (Å²) in [6.07, 6.45) is 1.83. The van der Waals surface area contributed by atoms with Gasteiger partial charge in [0.2, 0.25) is 5.91 Å². The van der Waals surface area contributed by atoms with Crippen LogP contribution in [0.5, 0.6) is 0 Å². The maximum Gasteiger partial charge on any atom is 0.223 e. The minimum absolute atomic E-state index is 0.0129. The van der Waals surface area contributed by atoms with Gasteiger partial charge in [-0.15, -0.1) is 0 Å². The molecular formula is C14H18FNO2. The van der Waals surface area contributed by atoms with Crippen molar-refractivity contribution in [2.75, 3.05) is 6.54 Å². The lowest BCUT2D eigenvalue weighted by atomic mass is 10.1. The van der Waals surface area contributed by atoms with E-state index in [1.807, 2.05) is 13.8 Å². The first-order valence-corrected chi connectivity index (χ1v) is 6.23. The number of ketones is 1. The summed E-state index contributed by atoms with van der Waals surface area (Å²) in [5.41, 5.74) is 0.414. The summed E-state index contributed by atoms with van der Waals surface area (Å²) in [7, 11) is 0. The molecule has 1 aromatic carbocycles. The van der Waals surface area contributed by atoms with Crippen molar-refractivity contribution in [1.82, 2.24) is 5.32 Å². The van der Waals surface area contributed by atoms with Crippen molar-refractivity contribution in [3.8, 4) is 0 Å². The molecule has 0 aliphatic heterocycles. The molecule has 0 atom stereocenters. The van der Waals surface area contributed by atoms with E-state index in [1.54, 1.807) is 0 Å². The lowest BCUT2D eigenvalue weighted by Crippen LogP contribution is -2.30. The van der Waals surface area contributed by atoms with Crippen molar-refractivity contribution in [3.63, 3.8) is 0 Å². The first kappa shape index (κ1) is 14.4. The van der Waals surface area contributed by atoms with Crippen LogP contribution in [0, 0.1) is 11.7 Å². The summed E-state index contributed by atoms with van der Waals surface area (Å²) in [6, 6.07) is 5.30. The number of benzene rings is 1. The van der Waals surface area contributed by atoms with Crippen molar-refractivity contribution in [2.24, 2.45) is 5.92 Å². The van der Waals surface area contributed by atoms with Gasteiger partial charge in [0, 0.05) is 11.5 Å². The van der Waals surface area contributed by atoms with E-state index in [9.17, 15) is 14.0 Å². The van der Waals surface area contributed by atoms with E-state index in [0.29, 0.717) is 5.56 Å². The van der Waals surface area contributed by atoms with Crippen LogP contribution in [-0.2, 0) is 4.79 Å². The van der Waals surface area contributed by atoms with E-state index in [4.69, 9.17) is 0 Å². The average molecular weight is 251 g/mol. The molecule has 1 aliphatic carbocycles. The second-order valence-electron chi connectivity index (χ2n) is 3.92. The lowest BCUT2D eigenvalue weighted by Gasteiger charge is -2.03. The predicted octanol–water partition coefficient (Wildman–Crippen LogP) is 2.56. The zero-order chi connectivity index (χ0) is 13.5. The van der Waals surface area contributed by atoms with Gasteiger partial charge in [-0.3, -0.25) is 9.59 Å². The Balaban J connectivity index is 0.000000771. The molecule has 0 unspecified atom stereocenters. The second-order valence-corrected chi connectivity index (χ2v) is 3.92. The van der Waals surface area contributed by atoms with Crippen molar-refractivity contribution >= 4 is 11.7 Å². The molecule has 98 valence electrons. The molecule has 1 aromatic rings. The Labute approximate surface area is 106 Å². The Bertz CT molecular complexity index is 410. The van der Waals surface area contributed by atoms with Crippen LogP contribution in [0.25, 0.3) is 0 Å². The van der Waals surface area contributed by atoms with Gasteiger partial charge in [-0.25, -0.2) is 4.39 Å². The van der Waals surface area contributed by atoms with Gasteiger partial charge >= 0.3 is 0 Å². The third-order valence-electron chi connectivity index (χ3n) is 2.54. The normalized spacial score (nSPS) is 13.3. The number of Topliss-reactive ketones (excluding diaryl/α,β-unsaturated/α-hetero) is 1. The van der Waals surface area contributed by atoms with Gasteiger partial charge in [0.05, 0.1) is 6.54 Å². The summed E-state index contributed by atoms with van der Waals surface area (Å²) in [6.45, 7) is 3.99. The van der Waals surface area contributed by atoms with Gasteiger partial charge in [0.25, 0.3) is 0 Å². The van der Waals surface area contributed by atoms with Crippen LogP contribution in [0.1, 0.15) is 37.0 Å². The van der Waals surface area contributed by atoms with Crippen molar-refractivity contribution in [1.29, 1.82) is 0 Å². The van der Waals surface area contributed by atoms with Gasteiger partial charge in [0.1, 0.15) is 5.82 Å². The lowest BCUT2D eigenvalue weighted by molar-refractivity contribution is -0.122. The molecule has 18 heavy (non-hydrogen) atoms. The standard InChI is InChI=1S/C12H12FNO2.C2H6/c13-10-5-3-8(4-6-10)11(15)7-14-12(16)9-1-2-9;1-2/h3-6,9H,1-2,7H2,(H,14,16);1-2H3. The summed E-state index contributed by atoms with van der Waals surface area (Å²) in [5, 5.41) is 2.58. The van der Waals surface area contributed by atoms with Crippen LogP contribution < -0.4 is 5.32 Å². The Morgan fingerprint density at radius 1 is 1.22 bits per heavy atom. The Morgan fingerprint density at radius 3 is 2.28 bits per heavy atom. The maximum atomic E-state index is 12.6. The molecule has 1 N–H and O–H groups in total. The number of carbonyl (C=O) groups excluding carboxylic acids is 2. The van der Waals surface area contributed by atoms with Crippen molar-refractivity contribution < 1.29 is 14.0 Å². The van der Waals surface area contributed by atoms with Crippen LogP contribution in [0.2, 0.25) is 0 Å². The SMILES string of the molecule is CC.O=C(CNC(=O)C1CC1)c1ccc(F)cc1. The zero-order valence-electron chi connectivity index (χ0n) is 10.7. The molecule has 0 heterocycles. The average Bonchev–Trinajstić information content (AvgIpc) is 3.23. The quantitative estimate of drug-likeness (QED) is 0.836. The summed E-state index contributed by atoms with van der Waals surface area (Å²) in [5.74, 6) is -0.538. The molecule has 0 bridgehead atoms. The van der Waals surface area contributed by atoms with E-state index >= 15 is 0 Å². The molecule has 1 saturated carbocycles. The highest BCUT2D eigenvalue weighted by atomic mass is 19.1. The van der Waals surface area contributed by atoms with E-state index in [1.165, 1.54) is 24.3 Å². The Hall–Kier alpha value is -1.71. The highest BCUT2D eigenvalue weighted by molar-refractivity contribution is 5.99. The number of halogens is 1. The highest BCUT2D eigenvalue weighted by Gasteiger charge is 2.29. The maximum absolute atomic E-state index is 12.6. The molecule has 0 saturated heterocycles. The van der Waals surface area contributed by atoms with Gasteiger partial charge in [-0.05, 0) is 37.1 Å². The zero-order valence-corrected chi connectivity index (χ0v) is 10.7. The van der Waals surface area contributed by atoms with Crippen LogP contribution in [-0.4, -0.2) is 18.2 Å². The van der Waals surface area contributed by atoms with E-state index < -0.39 is 0 Å². The molecule has 2 rings (SSSR count). The smallest absolute Gasteiger partial charge is 0.223 e. The largest absolute Gasteiger partial charge is 0.348 e. The molecule has 0 aromatic heterocycles. The first-order chi connectivity index (χ1) is 8.66. The summed E-state index contributed by atoms with van der Waals surface area (Å²) in [4.78, 5) is 22.8. The first-order valence-electron chi connectivity index (χ1n) is 6.23. The molecular weight excluding hydrogens is 233 g/mol. The van der Waals surface area contributed by atoms with Crippen molar-refractivity contribution in [3.05, 3.63) is 35.6 Å². The Morgan fingerprint density at radius 2 is 1.78 bits per heavy atom. The highest BCUT2D eigenvalue weighted by Crippen LogP contribution is 2.28. The second kappa shape index (κ2) is 6.89. The van der Waals surface area contributed by atoms with Crippen molar-refractivity contribution in [2.45, 2.75) is 26.7 Å². The third kappa shape index (κ3) is 4.28. The van der Waals surface area contributed by atoms with Crippen LogP contribution in [0.4, 0.5) is 4.39 Å². The van der Waals surface area contributed by atoms with Crippen LogP contribution >= 0.6 is 0 Å². The monoisotopic (exact) mass is 251 g/mol. The minimum atomic E-state index is -0.376. The number of carbonyl (C=O) groups is 2. The third-order valence-corrected chi connectivity index (χ3v) is 2.54. The molecule has 1 fully saturated rings. The fourth-order valence-corrected chi connectivity index (χ4v) is 1.40. The number of hydrogen-bond acceptors (Lipinski definition) is 2. The van der Waals surface area contributed by atoms with E-state index in [-0.39, 0.29) is 30.0 Å². The summed E-state index contributed by atoms with van der Waals surface area (Å²) < 4.78 is 12.6. The molecule has 1 aliphatic rings. The Kier molecular flexibility index (Phi) is 5.49.